The summed E-state index contributed by atoms with van der Waals surface area (Å²) >= 11 is 0. The van der Waals surface area contributed by atoms with Crippen molar-refractivity contribution in [2.45, 2.75) is 6.92 Å². The Labute approximate surface area is 114 Å². The maximum atomic E-state index is 11.5. The fourth-order valence-electron chi connectivity index (χ4n) is 1.66. The molecule has 2 rings (SSSR count). The van der Waals surface area contributed by atoms with E-state index < -0.39 is 11.9 Å². The van der Waals surface area contributed by atoms with Gasteiger partial charge in [-0.3, -0.25) is 0 Å². The summed E-state index contributed by atoms with van der Waals surface area (Å²) in [5, 5.41) is 13.0. The Kier molecular flexibility index (Phi) is 3.69. The number of esters is 1. The summed E-state index contributed by atoms with van der Waals surface area (Å²) in [5.74, 6) is -1.60. The molecule has 0 saturated heterocycles. The Morgan fingerprint density at radius 2 is 2.20 bits per heavy atom. The van der Waals surface area contributed by atoms with Gasteiger partial charge in [0.2, 0.25) is 0 Å². The highest BCUT2D eigenvalue weighted by atomic mass is 16.5. The number of nitrogen functional groups attached to an aromatic ring is 1. The number of hydrogen-bond donors (Lipinski definition) is 2. The molecule has 0 amide bonds. The van der Waals surface area contributed by atoms with E-state index in [2.05, 4.69) is 5.10 Å². The lowest BCUT2D eigenvalue weighted by atomic mass is 10.1. The Morgan fingerprint density at radius 3 is 2.85 bits per heavy atom. The van der Waals surface area contributed by atoms with Crippen molar-refractivity contribution in [3.8, 4) is 5.69 Å². The van der Waals surface area contributed by atoms with Gasteiger partial charge in [-0.25, -0.2) is 14.3 Å². The normalized spacial score (nSPS) is 10.2. The van der Waals surface area contributed by atoms with Crippen LogP contribution < -0.4 is 5.73 Å². The molecular formula is C13H13N3O4. The van der Waals surface area contributed by atoms with E-state index in [0.29, 0.717) is 11.3 Å². The molecule has 3 N–H and O–H groups in total. The highest BCUT2D eigenvalue weighted by Gasteiger charge is 2.13. The van der Waals surface area contributed by atoms with Gasteiger partial charge >= 0.3 is 11.9 Å². The van der Waals surface area contributed by atoms with Gasteiger partial charge in [-0.2, -0.15) is 5.10 Å². The highest BCUT2D eigenvalue weighted by Crippen LogP contribution is 2.17. The molecule has 0 aliphatic rings. The van der Waals surface area contributed by atoms with Crippen LogP contribution in [-0.2, 0) is 4.74 Å². The number of aromatic nitrogens is 2. The van der Waals surface area contributed by atoms with Crippen LogP contribution in [0.25, 0.3) is 5.69 Å². The molecule has 1 aromatic heterocycles. The van der Waals surface area contributed by atoms with E-state index in [1.54, 1.807) is 13.0 Å². The first-order chi connectivity index (χ1) is 9.52. The fraction of sp³-hybridized carbons (Fsp3) is 0.154. The molecule has 0 bridgehead atoms. The molecule has 0 unspecified atom stereocenters. The van der Waals surface area contributed by atoms with Gasteiger partial charge in [-0.05, 0) is 25.1 Å². The zero-order valence-corrected chi connectivity index (χ0v) is 10.7. The molecule has 0 aliphatic heterocycles. The van der Waals surface area contributed by atoms with Gasteiger partial charge in [0.05, 0.1) is 29.6 Å². The number of hydrogen-bond acceptors (Lipinski definition) is 5. The third kappa shape index (κ3) is 2.61. The van der Waals surface area contributed by atoms with Crippen LogP contribution in [-0.4, -0.2) is 33.4 Å². The Morgan fingerprint density at radius 1 is 1.45 bits per heavy atom. The monoisotopic (exact) mass is 275 g/mol. The minimum atomic E-state index is -1.12. The number of carboxylic acid groups (broad SMARTS) is 1. The van der Waals surface area contributed by atoms with E-state index in [9.17, 15) is 9.59 Å². The highest BCUT2D eigenvalue weighted by molar-refractivity contribution is 5.94. The SMILES string of the molecule is CCOC(=O)c1cnn(-c2ccc(N)c(C(=O)O)c2)c1. The number of carbonyl (C=O) groups excluding carboxylic acids is 1. The van der Waals surface area contributed by atoms with Crippen molar-refractivity contribution >= 4 is 17.6 Å². The van der Waals surface area contributed by atoms with E-state index in [1.807, 2.05) is 0 Å². The van der Waals surface area contributed by atoms with Gasteiger partial charge in [-0.1, -0.05) is 0 Å². The largest absolute Gasteiger partial charge is 0.478 e. The Balaban J connectivity index is 2.35. The van der Waals surface area contributed by atoms with Gasteiger partial charge in [0.15, 0.2) is 0 Å². The molecule has 104 valence electrons. The average Bonchev–Trinajstić information content (AvgIpc) is 2.89. The van der Waals surface area contributed by atoms with Crippen molar-refractivity contribution < 1.29 is 19.4 Å². The standard InChI is InChI=1S/C13H13N3O4/c1-2-20-13(19)8-6-15-16(7-8)9-3-4-11(14)10(5-9)12(17)18/h3-7H,2,14H2,1H3,(H,17,18). The third-order valence-corrected chi connectivity index (χ3v) is 2.63. The van der Waals surface area contributed by atoms with E-state index in [1.165, 1.54) is 29.2 Å². The van der Waals surface area contributed by atoms with Crippen LogP contribution >= 0.6 is 0 Å². The number of nitrogens with two attached hydrogens (primary N) is 1. The van der Waals surface area contributed by atoms with Crippen LogP contribution in [0, 0.1) is 0 Å². The molecule has 0 atom stereocenters. The van der Waals surface area contributed by atoms with Crippen molar-refractivity contribution in [1.82, 2.24) is 9.78 Å². The smallest absolute Gasteiger partial charge is 0.341 e. The number of nitrogens with zero attached hydrogens (tertiary/aromatic N) is 2. The molecule has 1 aromatic carbocycles. The summed E-state index contributed by atoms with van der Waals surface area (Å²) in [6.45, 7) is 1.98. The second-order valence-electron chi connectivity index (χ2n) is 3.97. The minimum absolute atomic E-state index is 0.0179. The maximum Gasteiger partial charge on any atom is 0.341 e. The van der Waals surface area contributed by atoms with Crippen molar-refractivity contribution in [3.05, 3.63) is 41.7 Å². The topological polar surface area (TPSA) is 107 Å². The van der Waals surface area contributed by atoms with Crippen molar-refractivity contribution in [2.24, 2.45) is 0 Å². The number of aromatic carboxylic acids is 1. The molecule has 0 fully saturated rings. The summed E-state index contributed by atoms with van der Waals surface area (Å²) in [4.78, 5) is 22.5. The van der Waals surface area contributed by atoms with Crippen LogP contribution in [0.15, 0.2) is 30.6 Å². The van der Waals surface area contributed by atoms with Crippen LogP contribution in [0.3, 0.4) is 0 Å². The second-order valence-corrected chi connectivity index (χ2v) is 3.97. The number of carbonyl (C=O) groups is 2. The lowest BCUT2D eigenvalue weighted by molar-refractivity contribution is 0.0525. The number of anilines is 1. The lowest BCUT2D eigenvalue weighted by Crippen LogP contribution is -2.05. The summed E-state index contributed by atoms with van der Waals surface area (Å²) in [5.41, 5.74) is 6.51. The second kappa shape index (κ2) is 5.43. The fourth-order valence-corrected chi connectivity index (χ4v) is 1.66. The zero-order chi connectivity index (χ0) is 14.7. The van der Waals surface area contributed by atoms with Crippen molar-refractivity contribution in [1.29, 1.82) is 0 Å². The van der Waals surface area contributed by atoms with E-state index in [0.717, 1.165) is 0 Å². The summed E-state index contributed by atoms with van der Waals surface area (Å²) < 4.78 is 6.24. The molecule has 1 heterocycles. The maximum absolute atomic E-state index is 11.5. The van der Waals surface area contributed by atoms with Gasteiger partial charge in [0, 0.05) is 11.9 Å². The Hall–Kier alpha value is -2.83. The predicted octanol–water partition coefficient (Wildman–Crippen LogP) is 1.33. The van der Waals surface area contributed by atoms with Gasteiger partial charge in [0.1, 0.15) is 0 Å². The number of carboxylic acids is 1. The first-order valence-corrected chi connectivity index (χ1v) is 5.88. The van der Waals surface area contributed by atoms with Crippen LogP contribution in [0.4, 0.5) is 5.69 Å². The average molecular weight is 275 g/mol. The van der Waals surface area contributed by atoms with E-state index >= 15 is 0 Å². The summed E-state index contributed by atoms with van der Waals surface area (Å²) in [7, 11) is 0. The lowest BCUT2D eigenvalue weighted by Gasteiger charge is -2.05. The molecule has 7 nitrogen and oxygen atoms in total. The molecule has 7 heteroatoms. The number of benzene rings is 1. The van der Waals surface area contributed by atoms with Gasteiger partial charge in [-0.15, -0.1) is 0 Å². The summed E-state index contributed by atoms with van der Waals surface area (Å²) in [6.07, 6.45) is 2.82. The molecule has 0 aliphatic carbocycles. The number of ether oxygens (including phenoxy) is 1. The summed E-state index contributed by atoms with van der Waals surface area (Å²) in [6, 6.07) is 4.48. The molecule has 2 aromatic rings. The first-order valence-electron chi connectivity index (χ1n) is 5.88. The molecular weight excluding hydrogens is 262 g/mol. The van der Waals surface area contributed by atoms with Crippen molar-refractivity contribution in [3.63, 3.8) is 0 Å². The molecule has 0 spiro atoms. The Bertz CT molecular complexity index is 663. The molecule has 0 saturated carbocycles. The van der Waals surface area contributed by atoms with Crippen LogP contribution in [0.1, 0.15) is 27.6 Å². The first kappa shape index (κ1) is 13.6. The molecule has 20 heavy (non-hydrogen) atoms. The van der Waals surface area contributed by atoms with E-state index in [4.69, 9.17) is 15.6 Å². The third-order valence-electron chi connectivity index (χ3n) is 2.63. The van der Waals surface area contributed by atoms with Gasteiger partial charge in [0.25, 0.3) is 0 Å². The predicted molar refractivity (Wildman–Crippen MR) is 70.9 cm³/mol. The van der Waals surface area contributed by atoms with Crippen molar-refractivity contribution in [2.75, 3.05) is 12.3 Å². The quantitative estimate of drug-likeness (QED) is 0.643. The molecule has 0 radical (unpaired) electrons. The zero-order valence-electron chi connectivity index (χ0n) is 10.7. The van der Waals surface area contributed by atoms with E-state index in [-0.39, 0.29) is 17.9 Å². The van der Waals surface area contributed by atoms with Crippen LogP contribution in [0.5, 0.6) is 0 Å². The minimum Gasteiger partial charge on any atom is -0.478 e. The van der Waals surface area contributed by atoms with Crippen LogP contribution in [0.2, 0.25) is 0 Å². The number of rotatable bonds is 4. The van der Waals surface area contributed by atoms with Gasteiger partial charge < -0.3 is 15.6 Å².